The van der Waals surface area contributed by atoms with Gasteiger partial charge >= 0.3 is 0 Å². The van der Waals surface area contributed by atoms with Crippen LogP contribution < -0.4 is 0 Å². The van der Waals surface area contributed by atoms with E-state index >= 15 is 0 Å². The molecule has 0 spiro atoms. The summed E-state index contributed by atoms with van der Waals surface area (Å²) in [4.78, 5) is 19.5. The highest BCUT2D eigenvalue weighted by atomic mass is 16.5. The predicted molar refractivity (Wildman–Crippen MR) is 275 cm³/mol. The van der Waals surface area contributed by atoms with Crippen LogP contribution in [-0.2, 0) is 17.6 Å². The molecule has 0 radical (unpaired) electrons. The number of unbranched alkanes of at least 4 members (excludes halogenated alkanes) is 14. The van der Waals surface area contributed by atoms with Crippen molar-refractivity contribution in [1.82, 2.24) is 19.9 Å². The molecule has 2 aromatic carbocycles. The molecule has 2 heterocycles. The highest BCUT2D eigenvalue weighted by molar-refractivity contribution is 5.56. The van der Waals surface area contributed by atoms with Gasteiger partial charge in [-0.25, -0.2) is 19.9 Å². The highest BCUT2D eigenvalue weighted by Crippen LogP contribution is 2.47. The van der Waals surface area contributed by atoms with Crippen LogP contribution in [0.2, 0.25) is 0 Å². The number of rotatable bonds is 30. The summed E-state index contributed by atoms with van der Waals surface area (Å²) in [5.41, 5.74) is 7.29. The molecule has 0 amide bonds. The smallest absolute Gasteiger partial charge is 0.159 e. The van der Waals surface area contributed by atoms with E-state index in [1.165, 1.54) is 202 Å². The average Bonchev–Trinajstić information content (AvgIpc) is 3.36. The topological polar surface area (TPSA) is 60.8 Å². The van der Waals surface area contributed by atoms with Crippen LogP contribution >= 0.6 is 0 Å². The number of ether oxygens (including phenoxy) is 1. The van der Waals surface area contributed by atoms with Crippen LogP contribution in [0.4, 0.5) is 0 Å². The van der Waals surface area contributed by atoms with Gasteiger partial charge in [-0.3, -0.25) is 0 Å². The number of aryl methyl sites for hydroxylation is 2. The van der Waals surface area contributed by atoms with Crippen molar-refractivity contribution in [2.75, 3.05) is 0 Å². The van der Waals surface area contributed by atoms with Gasteiger partial charge in [0.25, 0.3) is 0 Å². The number of nitrogens with zero attached hydrogens (tertiary/aromatic N) is 4. The fourth-order valence-corrected chi connectivity index (χ4v) is 11.1. The second-order valence-corrected chi connectivity index (χ2v) is 20.6. The van der Waals surface area contributed by atoms with Crippen molar-refractivity contribution in [3.8, 4) is 22.8 Å². The van der Waals surface area contributed by atoms with Crippen molar-refractivity contribution in [3.05, 3.63) is 95.6 Å². The van der Waals surface area contributed by atoms with Gasteiger partial charge in [-0.2, -0.15) is 0 Å². The summed E-state index contributed by atoms with van der Waals surface area (Å²) in [7, 11) is 0. The zero-order chi connectivity index (χ0) is 45.3. The van der Waals surface area contributed by atoms with E-state index in [4.69, 9.17) is 24.7 Å². The van der Waals surface area contributed by atoms with E-state index in [1.807, 2.05) is 0 Å². The van der Waals surface area contributed by atoms with E-state index < -0.39 is 0 Å². The van der Waals surface area contributed by atoms with Gasteiger partial charge in [-0.1, -0.05) is 217 Å². The van der Waals surface area contributed by atoms with E-state index in [2.05, 4.69) is 101 Å². The van der Waals surface area contributed by atoms with Crippen molar-refractivity contribution >= 4 is 0 Å². The van der Waals surface area contributed by atoms with E-state index in [-0.39, 0.29) is 12.2 Å². The summed E-state index contributed by atoms with van der Waals surface area (Å²) in [6.07, 6.45) is 47.3. The molecule has 2 unspecified atom stereocenters. The Morgan fingerprint density at radius 2 is 0.723 bits per heavy atom. The third-order valence-corrected chi connectivity index (χ3v) is 15.4. The maximum absolute atomic E-state index is 7.74. The largest absolute Gasteiger partial charge is 0.365 e. The molecule has 4 aromatic rings. The minimum absolute atomic E-state index is 0.0520. The lowest BCUT2D eigenvalue weighted by Crippen LogP contribution is -2.28. The van der Waals surface area contributed by atoms with Gasteiger partial charge < -0.3 is 4.74 Å². The Kier molecular flexibility index (Phi) is 23.0. The number of hydrogen-bond acceptors (Lipinski definition) is 5. The Balaban J connectivity index is 1.17. The first kappa shape index (κ1) is 51.0. The van der Waals surface area contributed by atoms with Crippen LogP contribution in [0.15, 0.2) is 73.3 Å². The fraction of sp³-hybridized carbons (Fsp3) is 0.667. The van der Waals surface area contributed by atoms with E-state index in [1.54, 1.807) is 0 Å². The van der Waals surface area contributed by atoms with Crippen molar-refractivity contribution in [1.29, 1.82) is 0 Å². The van der Waals surface area contributed by atoms with Crippen LogP contribution in [0.25, 0.3) is 22.8 Å². The van der Waals surface area contributed by atoms with Gasteiger partial charge in [0.2, 0.25) is 0 Å². The monoisotopic (exact) mass is 883 g/mol. The second kappa shape index (κ2) is 29.3. The van der Waals surface area contributed by atoms with E-state index in [0.29, 0.717) is 11.8 Å². The van der Waals surface area contributed by atoms with Gasteiger partial charge in [0.15, 0.2) is 11.6 Å². The summed E-state index contributed by atoms with van der Waals surface area (Å²) in [5, 5.41) is 0. The average molecular weight is 883 g/mol. The van der Waals surface area contributed by atoms with Crippen molar-refractivity contribution < 1.29 is 4.74 Å². The molecular weight excluding hydrogens is 793 g/mol. The summed E-state index contributed by atoms with van der Waals surface area (Å²) in [6.45, 7) is 9.24. The maximum atomic E-state index is 7.74. The fourth-order valence-electron chi connectivity index (χ4n) is 11.1. The molecule has 0 N–H and O–H groups in total. The zero-order valence-electron chi connectivity index (χ0n) is 41.8. The SMILES string of the molecule is CCCCCCCCCc1cnc(-c2ccc(C(OC(c3ccc(-c4ncc(CCCCCCCCC)cn4)cc3)C3CCC(CCCC)CC3)C3CCC(CCCC)CC3)cc2)nc1. The van der Waals surface area contributed by atoms with Crippen LogP contribution in [-0.4, -0.2) is 19.9 Å². The van der Waals surface area contributed by atoms with Crippen LogP contribution in [0.5, 0.6) is 0 Å². The number of hydrogen-bond donors (Lipinski definition) is 0. The molecule has 2 fully saturated rings. The first-order valence-corrected chi connectivity index (χ1v) is 27.6. The van der Waals surface area contributed by atoms with Gasteiger partial charge in [-0.05, 0) is 97.3 Å². The standard InChI is InChI=1S/C60H90N4O/c1-5-9-13-15-17-19-21-25-49-43-61-59(62-44-49)55-39-35-53(36-40-55)57(51-31-27-47(28-32-51)23-11-7-3)65-58(52-33-29-48(30-34-52)24-12-8-4)54-37-41-56(42-38-54)60-63-45-50(46-64-60)26-22-20-18-16-14-10-6-2/h35-48,51-52,57-58H,5-34H2,1-4H3. The van der Waals surface area contributed by atoms with Crippen molar-refractivity contribution in [3.63, 3.8) is 0 Å². The molecule has 0 aliphatic heterocycles. The lowest BCUT2D eigenvalue weighted by molar-refractivity contribution is -0.0907. The summed E-state index contributed by atoms with van der Waals surface area (Å²) in [5.74, 6) is 4.38. The lowest BCUT2D eigenvalue weighted by Gasteiger charge is -2.40. The Labute approximate surface area is 397 Å². The lowest BCUT2D eigenvalue weighted by atomic mass is 9.74. The molecular formula is C60H90N4O. The zero-order valence-corrected chi connectivity index (χ0v) is 41.8. The molecule has 6 rings (SSSR count). The Hall–Kier alpha value is -3.44. The molecule has 65 heavy (non-hydrogen) atoms. The van der Waals surface area contributed by atoms with Crippen LogP contribution in [0, 0.1) is 23.7 Å². The minimum atomic E-state index is 0.0520. The van der Waals surface area contributed by atoms with Crippen LogP contribution in [0.1, 0.15) is 242 Å². The van der Waals surface area contributed by atoms with Gasteiger partial charge in [-0.15, -0.1) is 0 Å². The summed E-state index contributed by atoms with van der Waals surface area (Å²) < 4.78 is 7.74. The normalized spacial score (nSPS) is 19.9. The molecule has 0 bridgehead atoms. The molecule has 2 aliphatic carbocycles. The van der Waals surface area contributed by atoms with Crippen molar-refractivity contribution in [2.24, 2.45) is 23.7 Å². The van der Waals surface area contributed by atoms with Gasteiger partial charge in [0, 0.05) is 35.9 Å². The Morgan fingerprint density at radius 1 is 0.400 bits per heavy atom. The predicted octanol–water partition coefficient (Wildman–Crippen LogP) is 18.0. The van der Waals surface area contributed by atoms with Gasteiger partial charge in [0.05, 0.1) is 12.2 Å². The molecule has 356 valence electrons. The molecule has 2 atom stereocenters. The Bertz CT molecular complexity index is 1670. The maximum Gasteiger partial charge on any atom is 0.159 e. The second-order valence-electron chi connectivity index (χ2n) is 20.6. The molecule has 0 saturated heterocycles. The number of aromatic nitrogens is 4. The first-order valence-electron chi connectivity index (χ1n) is 27.6. The molecule has 2 aliphatic rings. The van der Waals surface area contributed by atoms with Gasteiger partial charge in [0.1, 0.15) is 0 Å². The quantitative estimate of drug-likeness (QED) is 0.0488. The summed E-state index contributed by atoms with van der Waals surface area (Å²) in [6, 6.07) is 18.4. The third-order valence-electron chi connectivity index (χ3n) is 15.4. The molecule has 2 aromatic heterocycles. The number of benzene rings is 2. The third kappa shape index (κ3) is 17.0. The van der Waals surface area contributed by atoms with E-state index in [0.717, 1.165) is 47.5 Å². The molecule has 5 heteroatoms. The van der Waals surface area contributed by atoms with E-state index in [9.17, 15) is 0 Å². The molecule has 5 nitrogen and oxygen atoms in total. The minimum Gasteiger partial charge on any atom is -0.365 e. The van der Waals surface area contributed by atoms with Crippen LogP contribution in [0.3, 0.4) is 0 Å². The highest BCUT2D eigenvalue weighted by Gasteiger charge is 2.36. The summed E-state index contributed by atoms with van der Waals surface area (Å²) >= 11 is 0. The first-order chi connectivity index (χ1) is 32.1. The Morgan fingerprint density at radius 3 is 1.06 bits per heavy atom. The molecule has 2 saturated carbocycles. The van der Waals surface area contributed by atoms with Crippen molar-refractivity contribution in [2.45, 2.75) is 233 Å².